The quantitative estimate of drug-likeness (QED) is 0.395. The first-order valence-corrected chi connectivity index (χ1v) is 9.01. The molecule has 0 atom stereocenters. The van der Waals surface area contributed by atoms with Gasteiger partial charge in [0.05, 0.1) is 19.8 Å². The zero-order chi connectivity index (χ0) is 21.8. The van der Waals surface area contributed by atoms with E-state index in [9.17, 15) is 25.2 Å². The van der Waals surface area contributed by atoms with E-state index in [1.54, 1.807) is 26.0 Å². The Kier molecular flexibility index (Phi) is 6.76. The van der Waals surface area contributed by atoms with Crippen molar-refractivity contribution in [3.8, 4) is 28.7 Å². The lowest BCUT2D eigenvalue weighted by atomic mass is 9.94. The Morgan fingerprint density at radius 3 is 2.28 bits per heavy atom. The Labute approximate surface area is 169 Å². The van der Waals surface area contributed by atoms with Crippen molar-refractivity contribution in [3.63, 3.8) is 0 Å². The fraction of sp³-hybridized carbons (Fsp3) is 0.318. The van der Waals surface area contributed by atoms with Crippen molar-refractivity contribution < 1.29 is 34.7 Å². The molecule has 0 saturated carbocycles. The maximum atomic E-state index is 12.8. The van der Waals surface area contributed by atoms with Crippen LogP contribution in [0.3, 0.4) is 0 Å². The molecule has 2 rings (SSSR count). The first-order chi connectivity index (χ1) is 13.6. The van der Waals surface area contributed by atoms with Gasteiger partial charge in [0.2, 0.25) is 0 Å². The number of hydrogen-bond acceptors (Lipinski definition) is 7. The standard InChI is InChI=1S/C22H26O7/c1-22(2,27)10-9-14-17(25)12-19(29-4)20(21(14)26)16(24)8-6-13-5-7-15(23)18(11-13)28-3/h5-8,11-12,23,25-27H,9-10H2,1-4H3/b8-6+. The van der Waals surface area contributed by atoms with E-state index in [4.69, 9.17) is 9.47 Å². The normalized spacial score (nSPS) is 11.6. The average molecular weight is 402 g/mol. The number of carbonyl (C=O) groups excluding carboxylic acids is 1. The fourth-order valence-electron chi connectivity index (χ4n) is 2.80. The third kappa shape index (κ3) is 5.42. The van der Waals surface area contributed by atoms with Gasteiger partial charge in [0, 0.05) is 11.6 Å². The van der Waals surface area contributed by atoms with Gasteiger partial charge >= 0.3 is 0 Å². The van der Waals surface area contributed by atoms with Crippen LogP contribution in [0.15, 0.2) is 30.3 Å². The van der Waals surface area contributed by atoms with Gasteiger partial charge in [-0.2, -0.15) is 0 Å². The predicted molar refractivity (Wildman–Crippen MR) is 109 cm³/mol. The summed E-state index contributed by atoms with van der Waals surface area (Å²) in [6.45, 7) is 3.23. The molecule has 156 valence electrons. The number of phenols is 3. The molecule has 0 spiro atoms. The first kappa shape index (κ1) is 22.1. The molecule has 7 heteroatoms. The van der Waals surface area contributed by atoms with Gasteiger partial charge in [-0.25, -0.2) is 0 Å². The molecule has 0 bridgehead atoms. The summed E-state index contributed by atoms with van der Waals surface area (Å²) in [7, 11) is 2.75. The van der Waals surface area contributed by atoms with Crippen molar-refractivity contribution in [1.29, 1.82) is 0 Å². The van der Waals surface area contributed by atoms with Crippen molar-refractivity contribution in [2.75, 3.05) is 14.2 Å². The number of aliphatic hydroxyl groups is 1. The molecule has 0 heterocycles. The van der Waals surface area contributed by atoms with Gasteiger partial charge < -0.3 is 29.9 Å². The minimum atomic E-state index is -0.999. The second kappa shape index (κ2) is 8.87. The molecule has 4 N–H and O–H groups in total. The summed E-state index contributed by atoms with van der Waals surface area (Å²) < 4.78 is 10.2. The average Bonchev–Trinajstić information content (AvgIpc) is 2.65. The molecule has 0 aromatic heterocycles. The molecule has 7 nitrogen and oxygen atoms in total. The zero-order valence-electron chi connectivity index (χ0n) is 16.9. The summed E-state index contributed by atoms with van der Waals surface area (Å²) in [6.07, 6.45) is 3.20. The molecular weight excluding hydrogens is 376 g/mol. The summed E-state index contributed by atoms with van der Waals surface area (Å²) in [5.74, 6) is -0.860. The minimum absolute atomic E-state index is 0.0229. The highest BCUT2D eigenvalue weighted by Gasteiger charge is 2.24. The SMILES string of the molecule is COc1cc(/C=C/C(=O)c2c(OC)cc(O)c(CCC(C)(C)O)c2O)ccc1O. The minimum Gasteiger partial charge on any atom is -0.507 e. The number of carbonyl (C=O) groups is 1. The smallest absolute Gasteiger partial charge is 0.193 e. The van der Waals surface area contributed by atoms with Gasteiger partial charge in [-0.15, -0.1) is 0 Å². The maximum Gasteiger partial charge on any atom is 0.193 e. The van der Waals surface area contributed by atoms with Gasteiger partial charge in [0.1, 0.15) is 22.8 Å². The first-order valence-electron chi connectivity index (χ1n) is 9.01. The van der Waals surface area contributed by atoms with Crippen LogP contribution in [0.1, 0.15) is 41.8 Å². The summed E-state index contributed by atoms with van der Waals surface area (Å²) in [4.78, 5) is 12.8. The van der Waals surface area contributed by atoms with E-state index in [1.807, 2.05) is 0 Å². The molecule has 0 aliphatic rings. The van der Waals surface area contributed by atoms with E-state index in [1.165, 1.54) is 38.5 Å². The topological polar surface area (TPSA) is 116 Å². The van der Waals surface area contributed by atoms with Crippen LogP contribution in [0.4, 0.5) is 0 Å². The molecule has 2 aromatic rings. The fourth-order valence-corrected chi connectivity index (χ4v) is 2.80. The third-order valence-electron chi connectivity index (χ3n) is 4.43. The van der Waals surface area contributed by atoms with Gasteiger partial charge in [-0.05, 0) is 50.5 Å². The van der Waals surface area contributed by atoms with E-state index in [0.717, 1.165) is 0 Å². The zero-order valence-corrected chi connectivity index (χ0v) is 16.9. The van der Waals surface area contributed by atoms with Crippen LogP contribution < -0.4 is 9.47 Å². The van der Waals surface area contributed by atoms with Gasteiger partial charge in [-0.3, -0.25) is 4.79 Å². The predicted octanol–water partition coefficient (Wildman–Crippen LogP) is 3.42. The Hall–Kier alpha value is -3.19. The van der Waals surface area contributed by atoms with Crippen molar-refractivity contribution in [2.24, 2.45) is 0 Å². The van der Waals surface area contributed by atoms with Crippen LogP contribution in [-0.2, 0) is 6.42 Å². The van der Waals surface area contributed by atoms with Crippen molar-refractivity contribution >= 4 is 11.9 Å². The van der Waals surface area contributed by atoms with Crippen LogP contribution in [0.25, 0.3) is 6.08 Å². The lowest BCUT2D eigenvalue weighted by molar-refractivity contribution is 0.0711. The Balaban J connectivity index is 2.40. The molecule has 0 aliphatic carbocycles. The Morgan fingerprint density at radius 1 is 1.03 bits per heavy atom. The Bertz CT molecular complexity index is 924. The maximum absolute atomic E-state index is 12.8. The number of methoxy groups -OCH3 is 2. The van der Waals surface area contributed by atoms with E-state index in [-0.39, 0.29) is 52.7 Å². The monoisotopic (exact) mass is 402 g/mol. The number of ketones is 1. The van der Waals surface area contributed by atoms with Crippen LogP contribution in [-0.4, -0.2) is 46.0 Å². The molecular formula is C22H26O7. The van der Waals surface area contributed by atoms with Crippen LogP contribution in [0, 0.1) is 0 Å². The number of hydrogen-bond donors (Lipinski definition) is 4. The summed E-state index contributed by atoms with van der Waals surface area (Å²) in [6, 6.07) is 5.87. The second-order valence-electron chi connectivity index (χ2n) is 7.24. The Morgan fingerprint density at radius 2 is 1.69 bits per heavy atom. The third-order valence-corrected chi connectivity index (χ3v) is 4.43. The van der Waals surface area contributed by atoms with E-state index in [0.29, 0.717) is 5.56 Å². The lowest BCUT2D eigenvalue weighted by Crippen LogP contribution is -2.19. The summed E-state index contributed by atoms with van der Waals surface area (Å²) >= 11 is 0. The number of aromatic hydroxyl groups is 3. The van der Waals surface area contributed by atoms with Gasteiger partial charge in [-0.1, -0.05) is 12.1 Å². The number of rotatable bonds is 8. The number of allylic oxidation sites excluding steroid dienone is 1. The number of phenolic OH excluding ortho intramolecular Hbond substituents is 3. The van der Waals surface area contributed by atoms with Crippen molar-refractivity contribution in [2.45, 2.75) is 32.3 Å². The molecule has 0 saturated heterocycles. The highest BCUT2D eigenvalue weighted by Crippen LogP contribution is 2.40. The van der Waals surface area contributed by atoms with Crippen LogP contribution >= 0.6 is 0 Å². The van der Waals surface area contributed by atoms with Crippen molar-refractivity contribution in [1.82, 2.24) is 0 Å². The molecule has 0 aliphatic heterocycles. The summed E-state index contributed by atoms with van der Waals surface area (Å²) in [5, 5.41) is 40.4. The molecule has 2 aromatic carbocycles. The van der Waals surface area contributed by atoms with E-state index < -0.39 is 11.4 Å². The van der Waals surface area contributed by atoms with Crippen LogP contribution in [0.2, 0.25) is 0 Å². The van der Waals surface area contributed by atoms with Crippen molar-refractivity contribution in [3.05, 3.63) is 47.0 Å². The molecule has 29 heavy (non-hydrogen) atoms. The largest absolute Gasteiger partial charge is 0.507 e. The second-order valence-corrected chi connectivity index (χ2v) is 7.24. The van der Waals surface area contributed by atoms with Gasteiger partial charge in [0.25, 0.3) is 0 Å². The van der Waals surface area contributed by atoms with E-state index >= 15 is 0 Å². The molecule has 0 radical (unpaired) electrons. The van der Waals surface area contributed by atoms with Gasteiger partial charge in [0.15, 0.2) is 17.3 Å². The summed E-state index contributed by atoms with van der Waals surface area (Å²) in [5.41, 5.74) is -0.317. The highest BCUT2D eigenvalue weighted by molar-refractivity contribution is 6.11. The van der Waals surface area contributed by atoms with E-state index in [2.05, 4.69) is 0 Å². The number of benzene rings is 2. The highest BCUT2D eigenvalue weighted by atomic mass is 16.5. The molecule has 0 fully saturated rings. The number of ether oxygens (including phenoxy) is 2. The molecule has 0 amide bonds. The molecule has 0 unspecified atom stereocenters. The van der Waals surface area contributed by atoms with Crippen LogP contribution in [0.5, 0.6) is 28.7 Å². The lowest BCUT2D eigenvalue weighted by Gasteiger charge is -2.19.